The molecule has 16 aromatic rings. The fourth-order valence-corrected chi connectivity index (χ4v) is 22.1. The molecule has 8 N–H and O–H groups in total. The molecule has 20 rings (SSSR count). The van der Waals surface area contributed by atoms with Crippen LogP contribution in [0.4, 0.5) is 45.5 Å². The monoisotopic (exact) mass is 1990 g/mol. The summed E-state index contributed by atoms with van der Waals surface area (Å²) in [5.74, 6) is -0.363. The van der Waals surface area contributed by atoms with Crippen LogP contribution in [0.5, 0.6) is 0 Å². The van der Waals surface area contributed by atoms with Crippen molar-refractivity contribution in [1.29, 1.82) is 0 Å². The number of benzene rings is 10. The van der Waals surface area contributed by atoms with Crippen LogP contribution in [0.3, 0.4) is 0 Å². The van der Waals surface area contributed by atoms with E-state index in [1.807, 2.05) is 179 Å². The topological polar surface area (TPSA) is 417 Å². The van der Waals surface area contributed by atoms with Crippen LogP contribution in [0.2, 0.25) is 15.1 Å². The highest BCUT2D eigenvalue weighted by atomic mass is 35.5. The molecule has 4 amide bonds. The van der Waals surface area contributed by atoms with E-state index in [2.05, 4.69) is 75.0 Å². The molecule has 4 aliphatic heterocycles. The lowest BCUT2D eigenvalue weighted by atomic mass is 10.0. The van der Waals surface area contributed by atoms with Crippen molar-refractivity contribution < 1.29 is 52.8 Å². The molecule has 32 nitrogen and oxygen atoms in total. The average molecular weight is 2000 g/mol. The van der Waals surface area contributed by atoms with Crippen LogP contribution >= 0.6 is 34.8 Å². The summed E-state index contributed by atoms with van der Waals surface area (Å²) in [4.78, 5) is 88.2. The number of anilines is 8. The Balaban J connectivity index is 0.000000128. The second-order valence-electron chi connectivity index (χ2n) is 32.7. The van der Waals surface area contributed by atoms with Gasteiger partial charge < -0.3 is 21.3 Å². The lowest BCUT2D eigenvalue weighted by Crippen LogP contribution is -2.47. The van der Waals surface area contributed by atoms with Crippen molar-refractivity contribution >= 4 is 189 Å². The first kappa shape index (κ1) is 96.3. The van der Waals surface area contributed by atoms with Crippen molar-refractivity contribution in [1.82, 2.24) is 58.8 Å². The second kappa shape index (κ2) is 41.5. The summed E-state index contributed by atoms with van der Waals surface area (Å²) in [5, 5.41) is 14.8. The van der Waals surface area contributed by atoms with Crippen molar-refractivity contribution in [2.45, 2.75) is 53.4 Å². The summed E-state index contributed by atoms with van der Waals surface area (Å²) in [6, 6.07) is 71.5. The number of aryl methyl sites for hydroxylation is 4. The summed E-state index contributed by atoms with van der Waals surface area (Å²) in [5.41, 5.74) is 18.4. The van der Waals surface area contributed by atoms with Gasteiger partial charge in [0.25, 0.3) is 23.6 Å². The number of nitrogens with zero attached hydrogens (tertiary/aromatic N) is 12. The molecule has 706 valence electrons. The predicted octanol–water partition coefficient (Wildman–Crippen LogP) is 17.6. The first-order valence-corrected chi connectivity index (χ1v) is 50.9. The van der Waals surface area contributed by atoms with E-state index in [0.717, 1.165) is 106 Å². The molecule has 0 aliphatic carbocycles. The zero-order valence-electron chi connectivity index (χ0n) is 75.0. The molecule has 0 spiro atoms. The van der Waals surface area contributed by atoms with Gasteiger partial charge in [-0.25, -0.2) is 24.9 Å². The number of hydrogen-bond donors (Lipinski definition) is 8. The first-order valence-electron chi connectivity index (χ1n) is 44.0. The van der Waals surface area contributed by atoms with E-state index in [4.69, 9.17) is 39.8 Å². The van der Waals surface area contributed by atoms with E-state index >= 15 is 0 Å². The smallest absolute Gasteiger partial charge is 0.301 e. The largest absolute Gasteiger partial charge is 0.322 e. The first-order chi connectivity index (χ1) is 66.9. The molecule has 0 atom stereocenters. The molecule has 39 heteroatoms. The maximum absolute atomic E-state index is 13.0. The molecule has 10 heterocycles. The van der Waals surface area contributed by atoms with E-state index < -0.39 is 58.6 Å². The number of hydrogen-bond acceptors (Lipinski definition) is 20. The van der Waals surface area contributed by atoms with Crippen LogP contribution < -0.4 is 57.4 Å². The Hall–Kier alpha value is -14.4. The van der Waals surface area contributed by atoms with Crippen LogP contribution in [-0.4, -0.2) is 150 Å². The summed E-state index contributed by atoms with van der Waals surface area (Å²) in [6.45, 7) is 11.0. The van der Waals surface area contributed by atoms with Crippen molar-refractivity contribution in [3.05, 3.63) is 333 Å². The quantitative estimate of drug-likeness (QED) is 0.0445. The maximum Gasteiger partial charge on any atom is 0.301 e. The number of aromatic nitrogens is 8. The highest BCUT2D eigenvalue weighted by Crippen LogP contribution is 2.37. The Morgan fingerprint density at radius 1 is 0.317 bits per heavy atom. The SMILES string of the molecule is Cc1ccc(NC(=O)c2ccc(N3CCCNS3(=O)=O)cc2)cc1-c1ccc2ncccc2n1.Cc1ccc(NC(=O)c2ccc(N3CCCNS3(=O)=O)cc2Cl)cc1-c1ncc2ccccc2n1.Cc1ccc(NC(=O)c2ccc(N3CCCNS3(=O)=O)cc2Cl)cc1-c1ncc2ccccc2n1.Cc1ccc(NC(=O)c2ccc(N3CCCNS3(=O)=O)cc2Cl)cc1-c1nccc2ncccc12. The Kier molecular flexibility index (Phi) is 28.7. The Labute approximate surface area is 816 Å². The Bertz CT molecular complexity index is 7780. The third-order valence-corrected chi connectivity index (χ3v) is 30.4. The third-order valence-electron chi connectivity index (χ3n) is 23.3. The molecule has 10 aromatic carbocycles. The number of nitrogens with one attached hydrogen (secondary N) is 8. The van der Waals surface area contributed by atoms with Crippen LogP contribution in [0.25, 0.3) is 89.0 Å². The molecule has 0 radical (unpaired) electrons. The molecule has 4 fully saturated rings. The van der Waals surface area contributed by atoms with E-state index in [-0.39, 0.29) is 37.7 Å². The van der Waals surface area contributed by atoms with Gasteiger partial charge in [0, 0.05) is 150 Å². The number of pyridine rings is 4. The number of halogens is 3. The normalized spacial score (nSPS) is 15.2. The van der Waals surface area contributed by atoms with Crippen LogP contribution in [0, 0.1) is 27.7 Å². The summed E-state index contributed by atoms with van der Waals surface area (Å²) < 4.78 is 113. The second-order valence-corrected chi connectivity index (χ2v) is 40.7. The summed E-state index contributed by atoms with van der Waals surface area (Å²) in [6.07, 6.45) is 11.5. The van der Waals surface area contributed by atoms with Gasteiger partial charge in [0.05, 0.1) is 93.5 Å². The molecule has 6 aromatic heterocycles. The lowest BCUT2D eigenvalue weighted by molar-refractivity contribution is 0.101. The summed E-state index contributed by atoms with van der Waals surface area (Å²) in [7, 11) is -14.4. The average Bonchev–Trinajstić information content (AvgIpc) is 0.791. The molecule has 0 saturated carbocycles. The molecule has 4 saturated heterocycles. The van der Waals surface area contributed by atoms with Crippen molar-refractivity contribution in [3.63, 3.8) is 0 Å². The molecular weight excluding hydrogens is 1910 g/mol. The predicted molar refractivity (Wildman–Crippen MR) is 547 cm³/mol. The third kappa shape index (κ3) is 22.1. The minimum Gasteiger partial charge on any atom is -0.322 e. The highest BCUT2D eigenvalue weighted by Gasteiger charge is 2.32. The van der Waals surface area contributed by atoms with E-state index in [1.54, 1.807) is 85.6 Å². The van der Waals surface area contributed by atoms with Crippen molar-refractivity contribution in [2.24, 2.45) is 0 Å². The molecular formula is C100H89Cl3N20O12S4. The van der Waals surface area contributed by atoms with Crippen LogP contribution in [-0.2, 0) is 40.8 Å². The van der Waals surface area contributed by atoms with Gasteiger partial charge in [0.2, 0.25) is 0 Å². The number of fused-ring (bicyclic) bond motifs is 4. The number of rotatable bonds is 16. The Morgan fingerprint density at radius 3 is 1.12 bits per heavy atom. The minimum atomic E-state index is -3.61. The molecule has 139 heavy (non-hydrogen) atoms. The molecule has 4 aliphatic rings. The van der Waals surface area contributed by atoms with Crippen LogP contribution in [0.1, 0.15) is 89.4 Å². The van der Waals surface area contributed by atoms with Gasteiger partial charge in [0.15, 0.2) is 11.6 Å². The number of carbonyl (C=O) groups excluding carboxylic acids is 4. The van der Waals surface area contributed by atoms with Gasteiger partial charge in [-0.2, -0.15) is 52.6 Å². The van der Waals surface area contributed by atoms with E-state index in [0.29, 0.717) is 134 Å². The zero-order valence-corrected chi connectivity index (χ0v) is 80.5. The minimum absolute atomic E-state index is 0.158. The fraction of sp³-hybridized carbons (Fsp3) is 0.160. The van der Waals surface area contributed by atoms with E-state index in [1.165, 1.54) is 53.6 Å². The van der Waals surface area contributed by atoms with Gasteiger partial charge in [-0.1, -0.05) is 95.5 Å². The fourth-order valence-electron chi connectivity index (χ4n) is 16.0. The van der Waals surface area contributed by atoms with E-state index in [9.17, 15) is 52.8 Å². The zero-order chi connectivity index (χ0) is 97.4. The van der Waals surface area contributed by atoms with Gasteiger partial charge >= 0.3 is 40.8 Å². The summed E-state index contributed by atoms with van der Waals surface area (Å²) >= 11 is 19.2. The molecule has 0 bridgehead atoms. The maximum atomic E-state index is 13.0. The van der Waals surface area contributed by atoms with Gasteiger partial charge in [-0.3, -0.25) is 51.4 Å². The van der Waals surface area contributed by atoms with Crippen LogP contribution in [0.15, 0.2) is 274 Å². The van der Waals surface area contributed by atoms with Gasteiger partial charge in [0.1, 0.15) is 0 Å². The van der Waals surface area contributed by atoms with Gasteiger partial charge in [-0.05, 0) is 258 Å². The van der Waals surface area contributed by atoms with Gasteiger partial charge in [-0.15, -0.1) is 0 Å². The number of amides is 4. The number of para-hydroxylation sites is 2. The lowest BCUT2D eigenvalue weighted by Gasteiger charge is -2.28. The van der Waals surface area contributed by atoms with Crippen molar-refractivity contribution in [3.8, 4) is 45.3 Å². The standard InChI is InChI=1S/3C25H22ClN5O3S.C25H23N5O3S/c1-16-5-6-17(14-21(16)24-20-4-2-10-27-23(20)9-12-28-24)30-25(32)19-8-7-18(15-22(19)26)31-13-3-11-29-35(31,33)34;2*1-16-7-8-18(13-21(16)24-27-15-17-5-2-3-6-23(17)30-24)29-25(32)20-10-9-19(14-22(20)26)31-12-4-11-28-35(31,33)34;1-17-5-8-19(16-21(17)22-11-12-23-24(29-22)4-2-13-26-23)28-25(31)18-6-9-20(10-7-18)30-15-3-14-27-34(30,32)33/h2,4-10,12,14-15,29H,3,11,13H2,1H3,(H,30,32);2*2-3,5-10,13-15,28H,4,11-12H2,1H3,(H,29,32);2,4-13,16,27H,3,14-15H2,1H3,(H,28,31). The molecule has 0 unspecified atom stereocenters. The Morgan fingerprint density at radius 2 is 0.683 bits per heavy atom. The number of carbonyl (C=O) groups is 4. The highest BCUT2D eigenvalue weighted by molar-refractivity contribution is 7.91. The van der Waals surface area contributed by atoms with Crippen molar-refractivity contribution in [2.75, 3.05) is 90.8 Å².